The number of benzene rings is 2. The number of hydrogen-bond donors (Lipinski definition) is 1. The van der Waals surface area contributed by atoms with Crippen molar-refractivity contribution >= 4 is 10.8 Å². The van der Waals surface area contributed by atoms with E-state index in [1.165, 1.54) is 21.9 Å². The molecule has 0 spiro atoms. The minimum Gasteiger partial charge on any atom is -0.324 e. The lowest BCUT2D eigenvalue weighted by Crippen LogP contribution is -2.11. The van der Waals surface area contributed by atoms with E-state index in [9.17, 15) is 0 Å². The number of hydrogen-bond acceptors (Lipinski definition) is 1. The van der Waals surface area contributed by atoms with Crippen molar-refractivity contribution in [3.05, 3.63) is 59.7 Å². The Balaban J connectivity index is 1.98. The van der Waals surface area contributed by atoms with Crippen LogP contribution in [0, 0.1) is 0 Å². The number of fused-ring (bicyclic) bond motifs is 1. The van der Waals surface area contributed by atoms with E-state index in [0.717, 1.165) is 19.3 Å². The molecule has 0 saturated carbocycles. The molecule has 1 atom stereocenters. The molecule has 3 rings (SSSR count). The molecule has 0 radical (unpaired) electrons. The largest absolute Gasteiger partial charge is 0.324 e. The molecule has 2 aromatic rings. The van der Waals surface area contributed by atoms with Crippen LogP contribution in [0.1, 0.15) is 18.4 Å². The topological polar surface area (TPSA) is 26.0 Å². The van der Waals surface area contributed by atoms with E-state index in [0.29, 0.717) is 0 Å². The van der Waals surface area contributed by atoms with Crippen LogP contribution in [0.15, 0.2) is 54.1 Å². The van der Waals surface area contributed by atoms with Crippen LogP contribution in [0.4, 0.5) is 0 Å². The Morgan fingerprint density at radius 3 is 2.71 bits per heavy atom. The average Bonchev–Trinajstić information content (AvgIpc) is 2.75. The minimum atomic E-state index is 0.278. The molecule has 1 heteroatoms. The van der Waals surface area contributed by atoms with Gasteiger partial charge in [0.15, 0.2) is 0 Å². The van der Waals surface area contributed by atoms with Gasteiger partial charge >= 0.3 is 0 Å². The zero-order valence-corrected chi connectivity index (χ0v) is 9.89. The Kier molecular flexibility index (Phi) is 2.69. The summed E-state index contributed by atoms with van der Waals surface area (Å²) in [6, 6.07) is 15.4. The third-order valence-electron chi connectivity index (χ3n) is 3.55. The van der Waals surface area contributed by atoms with Crippen molar-refractivity contribution in [2.24, 2.45) is 5.73 Å². The molecule has 1 unspecified atom stereocenters. The highest BCUT2D eigenvalue weighted by Gasteiger charge is 2.12. The molecule has 0 aromatic heterocycles. The Morgan fingerprint density at radius 1 is 1.06 bits per heavy atom. The number of rotatable bonds is 2. The molecule has 1 aliphatic carbocycles. The molecule has 0 aliphatic heterocycles. The van der Waals surface area contributed by atoms with Crippen molar-refractivity contribution < 1.29 is 0 Å². The second-order valence-corrected chi connectivity index (χ2v) is 4.84. The van der Waals surface area contributed by atoms with Crippen LogP contribution in [-0.2, 0) is 6.42 Å². The standard InChI is InChI=1S/C16H17N/c17-15-9-8-12(11-15)10-14-6-3-5-13-4-1-2-7-16(13)14/h1-7,11,15H,8-10,17H2. The lowest BCUT2D eigenvalue weighted by atomic mass is 9.98. The van der Waals surface area contributed by atoms with Crippen molar-refractivity contribution in [2.45, 2.75) is 25.3 Å². The maximum absolute atomic E-state index is 5.92. The van der Waals surface area contributed by atoms with Crippen LogP contribution in [0.2, 0.25) is 0 Å². The Labute approximate surface area is 102 Å². The summed E-state index contributed by atoms with van der Waals surface area (Å²) >= 11 is 0. The molecule has 2 N–H and O–H groups in total. The maximum atomic E-state index is 5.92. The number of allylic oxidation sites excluding steroid dienone is 1. The molecule has 0 heterocycles. The quantitative estimate of drug-likeness (QED) is 0.775. The van der Waals surface area contributed by atoms with Gasteiger partial charge in [0.1, 0.15) is 0 Å². The minimum absolute atomic E-state index is 0.278. The van der Waals surface area contributed by atoms with E-state index in [-0.39, 0.29) is 6.04 Å². The lowest BCUT2D eigenvalue weighted by Gasteiger charge is -2.07. The van der Waals surface area contributed by atoms with Gasteiger partial charge in [0.25, 0.3) is 0 Å². The SMILES string of the molecule is NC1C=C(Cc2cccc3ccccc23)CC1. The molecule has 86 valence electrons. The van der Waals surface area contributed by atoms with Gasteiger partial charge in [-0.25, -0.2) is 0 Å². The fourth-order valence-corrected chi connectivity index (χ4v) is 2.66. The molecule has 0 fully saturated rings. The van der Waals surface area contributed by atoms with Gasteiger partial charge in [-0.1, -0.05) is 54.1 Å². The molecule has 1 aliphatic rings. The fourth-order valence-electron chi connectivity index (χ4n) is 2.66. The zero-order valence-electron chi connectivity index (χ0n) is 9.89. The summed E-state index contributed by atoms with van der Waals surface area (Å²) in [5.41, 5.74) is 8.83. The summed E-state index contributed by atoms with van der Waals surface area (Å²) in [6.07, 6.45) is 5.56. The Hall–Kier alpha value is -1.60. The summed E-state index contributed by atoms with van der Waals surface area (Å²) in [6.45, 7) is 0. The molecule has 0 amide bonds. The molecule has 0 bridgehead atoms. The van der Waals surface area contributed by atoms with Gasteiger partial charge in [-0.3, -0.25) is 0 Å². The van der Waals surface area contributed by atoms with Gasteiger partial charge in [0.2, 0.25) is 0 Å². The lowest BCUT2D eigenvalue weighted by molar-refractivity contribution is 0.770. The predicted octanol–water partition coefficient (Wildman–Crippen LogP) is 3.43. The van der Waals surface area contributed by atoms with Crippen LogP contribution in [0.25, 0.3) is 10.8 Å². The fraction of sp³-hybridized carbons (Fsp3) is 0.250. The van der Waals surface area contributed by atoms with Crippen LogP contribution < -0.4 is 5.73 Å². The second-order valence-electron chi connectivity index (χ2n) is 4.84. The molecular weight excluding hydrogens is 206 g/mol. The summed E-state index contributed by atoms with van der Waals surface area (Å²) in [5.74, 6) is 0. The van der Waals surface area contributed by atoms with Crippen LogP contribution in [0.3, 0.4) is 0 Å². The monoisotopic (exact) mass is 223 g/mol. The first-order valence-corrected chi connectivity index (χ1v) is 6.25. The summed E-state index contributed by atoms with van der Waals surface area (Å²) < 4.78 is 0. The summed E-state index contributed by atoms with van der Waals surface area (Å²) in [4.78, 5) is 0. The molecule has 0 saturated heterocycles. The molecular formula is C16H17N. The van der Waals surface area contributed by atoms with Gasteiger partial charge in [-0.05, 0) is 35.6 Å². The Morgan fingerprint density at radius 2 is 1.88 bits per heavy atom. The van der Waals surface area contributed by atoms with Crippen molar-refractivity contribution in [1.82, 2.24) is 0 Å². The van der Waals surface area contributed by atoms with E-state index in [1.807, 2.05) is 0 Å². The van der Waals surface area contributed by atoms with Crippen molar-refractivity contribution in [3.63, 3.8) is 0 Å². The maximum Gasteiger partial charge on any atom is 0.0229 e. The third-order valence-corrected chi connectivity index (χ3v) is 3.55. The van der Waals surface area contributed by atoms with Crippen molar-refractivity contribution in [1.29, 1.82) is 0 Å². The van der Waals surface area contributed by atoms with Gasteiger partial charge in [-0.2, -0.15) is 0 Å². The average molecular weight is 223 g/mol. The Bertz CT molecular complexity index is 563. The first kappa shape index (κ1) is 10.5. The molecule has 1 nitrogen and oxygen atoms in total. The van der Waals surface area contributed by atoms with E-state index in [1.54, 1.807) is 0 Å². The summed E-state index contributed by atoms with van der Waals surface area (Å²) in [5, 5.41) is 2.70. The van der Waals surface area contributed by atoms with Crippen molar-refractivity contribution in [2.75, 3.05) is 0 Å². The first-order chi connectivity index (χ1) is 8.33. The van der Waals surface area contributed by atoms with E-state index < -0.39 is 0 Å². The van der Waals surface area contributed by atoms with E-state index >= 15 is 0 Å². The van der Waals surface area contributed by atoms with Crippen LogP contribution in [-0.4, -0.2) is 6.04 Å². The molecule has 2 aromatic carbocycles. The van der Waals surface area contributed by atoms with Gasteiger partial charge < -0.3 is 5.73 Å². The number of nitrogens with two attached hydrogens (primary N) is 1. The highest BCUT2D eigenvalue weighted by molar-refractivity contribution is 5.85. The normalized spacial score (nSPS) is 19.6. The van der Waals surface area contributed by atoms with Crippen molar-refractivity contribution in [3.8, 4) is 0 Å². The van der Waals surface area contributed by atoms with Crippen LogP contribution in [0.5, 0.6) is 0 Å². The van der Waals surface area contributed by atoms with E-state index in [4.69, 9.17) is 5.73 Å². The van der Waals surface area contributed by atoms with Gasteiger partial charge in [0, 0.05) is 6.04 Å². The van der Waals surface area contributed by atoms with Gasteiger partial charge in [0.05, 0.1) is 0 Å². The molecule has 17 heavy (non-hydrogen) atoms. The smallest absolute Gasteiger partial charge is 0.0229 e. The summed E-state index contributed by atoms with van der Waals surface area (Å²) in [7, 11) is 0. The highest BCUT2D eigenvalue weighted by Crippen LogP contribution is 2.25. The highest BCUT2D eigenvalue weighted by atomic mass is 14.6. The van der Waals surface area contributed by atoms with E-state index in [2.05, 4.69) is 48.5 Å². The zero-order chi connectivity index (χ0) is 11.7. The predicted molar refractivity (Wildman–Crippen MR) is 72.9 cm³/mol. The van der Waals surface area contributed by atoms with Crippen LogP contribution >= 0.6 is 0 Å². The van der Waals surface area contributed by atoms with Gasteiger partial charge in [-0.15, -0.1) is 0 Å². The third kappa shape index (κ3) is 2.11. The first-order valence-electron chi connectivity index (χ1n) is 6.25. The second kappa shape index (κ2) is 4.34.